The third-order valence-corrected chi connectivity index (χ3v) is 3.59. The number of carbonyl (C=O) groups excluding carboxylic acids is 1. The Morgan fingerprint density at radius 3 is 2.74 bits per heavy atom. The zero-order valence-corrected chi connectivity index (χ0v) is 12.6. The highest BCUT2D eigenvalue weighted by molar-refractivity contribution is 6.35. The normalized spacial score (nSPS) is 12.2. The molecule has 0 heterocycles. The number of benzene rings is 1. The molecular weight excluding hydrogens is 283 g/mol. The van der Waals surface area contributed by atoms with Crippen molar-refractivity contribution in [3.8, 4) is 0 Å². The maximum absolute atomic E-state index is 11.8. The summed E-state index contributed by atoms with van der Waals surface area (Å²) >= 11 is 11.9. The van der Waals surface area contributed by atoms with Gasteiger partial charge in [0.2, 0.25) is 5.91 Å². The standard InChI is InChI=1S/C14H20Cl2N2O/c1-2-3-11(9-17)14(19)18-7-6-10-4-5-12(15)8-13(10)16/h4-5,8,11H,2-3,6-7,9,17H2,1H3,(H,18,19). The fraction of sp³-hybridized carbons (Fsp3) is 0.500. The molecule has 0 spiro atoms. The molecule has 1 atom stereocenters. The van der Waals surface area contributed by atoms with E-state index in [1.165, 1.54) is 0 Å². The largest absolute Gasteiger partial charge is 0.355 e. The van der Waals surface area contributed by atoms with E-state index in [-0.39, 0.29) is 11.8 Å². The Bertz CT molecular complexity index is 424. The first kappa shape index (κ1) is 16.3. The highest BCUT2D eigenvalue weighted by atomic mass is 35.5. The van der Waals surface area contributed by atoms with E-state index in [9.17, 15) is 4.79 Å². The van der Waals surface area contributed by atoms with E-state index >= 15 is 0 Å². The molecule has 0 aromatic heterocycles. The number of halogens is 2. The molecule has 19 heavy (non-hydrogen) atoms. The fourth-order valence-corrected chi connectivity index (χ4v) is 2.40. The zero-order chi connectivity index (χ0) is 14.3. The molecule has 0 aliphatic rings. The molecule has 3 N–H and O–H groups in total. The summed E-state index contributed by atoms with van der Waals surface area (Å²) in [6.07, 6.45) is 2.47. The molecule has 1 amide bonds. The van der Waals surface area contributed by atoms with E-state index in [0.29, 0.717) is 29.6 Å². The van der Waals surface area contributed by atoms with Crippen LogP contribution in [0, 0.1) is 5.92 Å². The summed E-state index contributed by atoms with van der Waals surface area (Å²) in [7, 11) is 0. The molecule has 0 radical (unpaired) electrons. The van der Waals surface area contributed by atoms with E-state index < -0.39 is 0 Å². The summed E-state index contributed by atoms with van der Waals surface area (Å²) in [6.45, 7) is 2.99. The molecule has 1 aromatic carbocycles. The van der Waals surface area contributed by atoms with E-state index in [4.69, 9.17) is 28.9 Å². The molecule has 5 heteroatoms. The average Bonchev–Trinajstić information content (AvgIpc) is 2.38. The van der Waals surface area contributed by atoms with Crippen molar-refractivity contribution >= 4 is 29.1 Å². The SMILES string of the molecule is CCCC(CN)C(=O)NCCc1ccc(Cl)cc1Cl. The number of carbonyl (C=O) groups is 1. The first-order valence-corrected chi connectivity index (χ1v) is 7.25. The second kappa shape index (κ2) is 8.41. The van der Waals surface area contributed by atoms with Gasteiger partial charge < -0.3 is 11.1 Å². The van der Waals surface area contributed by atoms with Crippen molar-refractivity contribution in [2.24, 2.45) is 11.7 Å². The van der Waals surface area contributed by atoms with E-state index in [1.54, 1.807) is 12.1 Å². The second-order valence-corrected chi connectivity index (χ2v) is 5.34. The molecule has 1 aromatic rings. The second-order valence-electron chi connectivity index (χ2n) is 4.50. The number of hydrogen-bond donors (Lipinski definition) is 2. The van der Waals surface area contributed by atoms with Gasteiger partial charge in [-0.3, -0.25) is 4.79 Å². The quantitative estimate of drug-likeness (QED) is 0.813. The molecule has 0 aliphatic carbocycles. The van der Waals surface area contributed by atoms with Gasteiger partial charge in [0.25, 0.3) is 0 Å². The van der Waals surface area contributed by atoms with Crippen LogP contribution >= 0.6 is 23.2 Å². The van der Waals surface area contributed by atoms with Crippen LogP contribution in [0.4, 0.5) is 0 Å². The Balaban J connectivity index is 2.43. The fourth-order valence-electron chi connectivity index (χ4n) is 1.89. The Kier molecular flexibility index (Phi) is 7.21. The molecule has 0 saturated heterocycles. The van der Waals surface area contributed by atoms with Crippen molar-refractivity contribution in [1.29, 1.82) is 0 Å². The van der Waals surface area contributed by atoms with Crippen LogP contribution in [0.2, 0.25) is 10.0 Å². The van der Waals surface area contributed by atoms with Gasteiger partial charge >= 0.3 is 0 Å². The van der Waals surface area contributed by atoms with Crippen molar-refractivity contribution in [2.45, 2.75) is 26.2 Å². The molecule has 1 unspecified atom stereocenters. The molecule has 3 nitrogen and oxygen atoms in total. The smallest absolute Gasteiger partial charge is 0.224 e. The van der Waals surface area contributed by atoms with Crippen molar-refractivity contribution in [1.82, 2.24) is 5.32 Å². The predicted molar refractivity (Wildman–Crippen MR) is 80.6 cm³/mol. The van der Waals surface area contributed by atoms with Crippen LogP contribution < -0.4 is 11.1 Å². The zero-order valence-electron chi connectivity index (χ0n) is 11.1. The lowest BCUT2D eigenvalue weighted by atomic mass is 10.0. The number of rotatable bonds is 7. The van der Waals surface area contributed by atoms with Crippen LogP contribution in [0.3, 0.4) is 0 Å². The van der Waals surface area contributed by atoms with E-state index in [2.05, 4.69) is 5.32 Å². The van der Waals surface area contributed by atoms with Gasteiger partial charge in [-0.1, -0.05) is 42.6 Å². The van der Waals surface area contributed by atoms with Crippen LogP contribution in [-0.2, 0) is 11.2 Å². The number of hydrogen-bond acceptors (Lipinski definition) is 2. The molecule has 0 bridgehead atoms. The lowest BCUT2D eigenvalue weighted by molar-refractivity contribution is -0.124. The average molecular weight is 303 g/mol. The topological polar surface area (TPSA) is 55.1 Å². The summed E-state index contributed by atoms with van der Waals surface area (Å²) in [6, 6.07) is 5.38. The Morgan fingerprint density at radius 1 is 1.42 bits per heavy atom. The number of nitrogens with one attached hydrogen (secondary N) is 1. The van der Waals surface area contributed by atoms with Gasteiger partial charge in [0, 0.05) is 23.1 Å². The van der Waals surface area contributed by atoms with Gasteiger partial charge in [0.1, 0.15) is 0 Å². The molecule has 1 rings (SSSR count). The van der Waals surface area contributed by atoms with Crippen molar-refractivity contribution in [2.75, 3.05) is 13.1 Å². The summed E-state index contributed by atoms with van der Waals surface area (Å²) in [4.78, 5) is 11.8. The molecule has 106 valence electrons. The highest BCUT2D eigenvalue weighted by Crippen LogP contribution is 2.21. The van der Waals surface area contributed by atoms with Crippen LogP contribution in [-0.4, -0.2) is 19.0 Å². The van der Waals surface area contributed by atoms with E-state index in [0.717, 1.165) is 18.4 Å². The maximum Gasteiger partial charge on any atom is 0.224 e. The van der Waals surface area contributed by atoms with Gasteiger partial charge in [-0.05, 0) is 30.5 Å². The maximum atomic E-state index is 11.8. The summed E-state index contributed by atoms with van der Waals surface area (Å²) < 4.78 is 0. The molecular formula is C14H20Cl2N2O. The van der Waals surface area contributed by atoms with Gasteiger partial charge in [0.05, 0.1) is 5.92 Å². The van der Waals surface area contributed by atoms with Gasteiger partial charge in [-0.25, -0.2) is 0 Å². The summed E-state index contributed by atoms with van der Waals surface area (Å²) in [5.74, 6) is -0.0693. The van der Waals surface area contributed by atoms with Crippen molar-refractivity contribution < 1.29 is 4.79 Å². The monoisotopic (exact) mass is 302 g/mol. The third-order valence-electron chi connectivity index (χ3n) is 3.00. The van der Waals surface area contributed by atoms with Gasteiger partial charge in [-0.15, -0.1) is 0 Å². The minimum absolute atomic E-state index is 0.0226. The minimum atomic E-state index is -0.0920. The Morgan fingerprint density at radius 2 is 2.16 bits per heavy atom. The van der Waals surface area contributed by atoms with Crippen LogP contribution in [0.15, 0.2) is 18.2 Å². The molecule has 0 aliphatic heterocycles. The van der Waals surface area contributed by atoms with Gasteiger partial charge in [0.15, 0.2) is 0 Å². The van der Waals surface area contributed by atoms with Gasteiger partial charge in [-0.2, -0.15) is 0 Å². The first-order chi connectivity index (χ1) is 9.08. The molecule has 0 saturated carbocycles. The lowest BCUT2D eigenvalue weighted by Gasteiger charge is -2.14. The predicted octanol–water partition coefficient (Wildman–Crippen LogP) is 3.03. The first-order valence-electron chi connectivity index (χ1n) is 6.50. The minimum Gasteiger partial charge on any atom is -0.355 e. The van der Waals surface area contributed by atoms with E-state index in [1.807, 2.05) is 13.0 Å². The van der Waals surface area contributed by atoms with Crippen molar-refractivity contribution in [3.05, 3.63) is 33.8 Å². The summed E-state index contributed by atoms with van der Waals surface area (Å²) in [5, 5.41) is 4.14. The van der Waals surface area contributed by atoms with Crippen LogP contribution in [0.25, 0.3) is 0 Å². The lowest BCUT2D eigenvalue weighted by Crippen LogP contribution is -2.36. The Hall–Kier alpha value is -0.770. The summed E-state index contributed by atoms with van der Waals surface area (Å²) in [5.41, 5.74) is 6.56. The Labute approximate surface area is 124 Å². The number of amides is 1. The highest BCUT2D eigenvalue weighted by Gasteiger charge is 2.14. The third kappa shape index (κ3) is 5.39. The number of nitrogens with two attached hydrogens (primary N) is 1. The molecule has 0 fully saturated rings. The van der Waals surface area contributed by atoms with Crippen molar-refractivity contribution in [3.63, 3.8) is 0 Å². The van der Waals surface area contributed by atoms with Crippen LogP contribution in [0.5, 0.6) is 0 Å². The van der Waals surface area contributed by atoms with Crippen LogP contribution in [0.1, 0.15) is 25.3 Å².